The maximum atomic E-state index is 13.7. The summed E-state index contributed by atoms with van der Waals surface area (Å²) in [7, 11) is 1.95. The third-order valence-electron chi connectivity index (χ3n) is 7.34. The second kappa shape index (κ2) is 8.45. The molecule has 2 aromatic heterocycles. The Labute approximate surface area is 194 Å². The van der Waals surface area contributed by atoms with Crippen LogP contribution in [0.3, 0.4) is 0 Å². The smallest absolute Gasteiger partial charge is 0.271 e. The Hall–Kier alpha value is -2.93. The molecule has 1 N–H and O–H groups in total. The second-order valence-electron chi connectivity index (χ2n) is 9.85. The molecule has 0 unspecified atom stereocenters. The predicted molar refractivity (Wildman–Crippen MR) is 129 cm³/mol. The van der Waals surface area contributed by atoms with E-state index in [2.05, 4.69) is 48.9 Å². The molecule has 5 rings (SSSR count). The van der Waals surface area contributed by atoms with Crippen molar-refractivity contribution >= 4 is 16.8 Å². The van der Waals surface area contributed by atoms with E-state index in [4.69, 9.17) is 4.98 Å². The molecule has 33 heavy (non-hydrogen) atoms. The van der Waals surface area contributed by atoms with Crippen molar-refractivity contribution in [2.45, 2.75) is 65.1 Å². The summed E-state index contributed by atoms with van der Waals surface area (Å²) in [6, 6.07) is 8.43. The second-order valence-corrected chi connectivity index (χ2v) is 9.85. The Morgan fingerprint density at radius 3 is 2.79 bits per heavy atom. The minimum Gasteiger partial charge on any atom is -0.340 e. The van der Waals surface area contributed by atoms with Crippen LogP contribution in [-0.2, 0) is 20.0 Å². The Morgan fingerprint density at radius 1 is 1.18 bits per heavy atom. The van der Waals surface area contributed by atoms with E-state index in [9.17, 15) is 9.59 Å². The van der Waals surface area contributed by atoms with E-state index in [1.165, 1.54) is 5.56 Å². The van der Waals surface area contributed by atoms with Crippen LogP contribution in [0.5, 0.6) is 0 Å². The van der Waals surface area contributed by atoms with Gasteiger partial charge in [0.2, 0.25) is 0 Å². The molecule has 1 amide bonds. The van der Waals surface area contributed by atoms with Gasteiger partial charge in [0.25, 0.3) is 11.5 Å². The number of carbonyl (C=O) groups excluding carboxylic acids is 1. The Balaban J connectivity index is 1.49. The number of aryl methyl sites for hydroxylation is 2. The summed E-state index contributed by atoms with van der Waals surface area (Å²) >= 11 is 0. The summed E-state index contributed by atoms with van der Waals surface area (Å²) in [5.41, 5.74) is 4.51. The molecule has 1 fully saturated rings. The van der Waals surface area contributed by atoms with Crippen molar-refractivity contribution in [1.29, 1.82) is 0 Å². The summed E-state index contributed by atoms with van der Waals surface area (Å²) in [5.74, 6) is 0.641. The number of carbonyl (C=O) groups is 1. The van der Waals surface area contributed by atoms with Gasteiger partial charge in [-0.3, -0.25) is 14.5 Å². The number of hydrogen-bond acceptors (Lipinski definition) is 4. The summed E-state index contributed by atoms with van der Waals surface area (Å²) in [6.07, 6.45) is 3.57. The van der Waals surface area contributed by atoms with Gasteiger partial charge in [0.1, 0.15) is 11.5 Å². The van der Waals surface area contributed by atoms with Crippen molar-refractivity contribution < 1.29 is 4.79 Å². The number of rotatable bonds is 3. The lowest BCUT2D eigenvalue weighted by Crippen LogP contribution is -2.43. The lowest BCUT2D eigenvalue weighted by Gasteiger charge is -2.36. The Morgan fingerprint density at radius 2 is 2.00 bits per heavy atom. The van der Waals surface area contributed by atoms with E-state index in [-0.39, 0.29) is 17.5 Å². The van der Waals surface area contributed by atoms with Gasteiger partial charge in [-0.25, -0.2) is 4.98 Å². The Kier molecular flexibility index (Phi) is 5.60. The molecule has 7 heteroatoms. The Bertz CT molecular complexity index is 1270. The van der Waals surface area contributed by atoms with Crippen LogP contribution in [0, 0.1) is 6.92 Å². The maximum absolute atomic E-state index is 13.7. The summed E-state index contributed by atoms with van der Waals surface area (Å²) in [6.45, 7) is 8.59. The molecule has 4 heterocycles. The topological polar surface area (TPSA) is 74.2 Å². The molecule has 0 spiro atoms. The number of nitrogens with zero attached hydrogens (tertiary/aromatic N) is 4. The fourth-order valence-corrected chi connectivity index (χ4v) is 5.34. The third-order valence-corrected chi connectivity index (χ3v) is 7.34. The van der Waals surface area contributed by atoms with Gasteiger partial charge in [-0.1, -0.05) is 11.6 Å². The van der Waals surface area contributed by atoms with E-state index in [1.807, 2.05) is 22.6 Å². The summed E-state index contributed by atoms with van der Waals surface area (Å²) in [4.78, 5) is 38.9. The SMILES string of the molecule is Cc1ccc2c(c1)cc(C(=O)N1CCCC[C@@H]1c1nc3c(c(=O)[nH]1)CN(C(C)C)CC3)n2C. The first-order valence-corrected chi connectivity index (χ1v) is 12.1. The van der Waals surface area contributed by atoms with Crippen molar-refractivity contribution in [2.75, 3.05) is 13.1 Å². The summed E-state index contributed by atoms with van der Waals surface area (Å²) in [5, 5.41) is 1.07. The standard InChI is InChI=1S/C26H33N5O2/c1-16(2)30-12-10-20-19(15-30)25(32)28-24(27-20)22-7-5-6-11-31(22)26(33)23-14-18-13-17(3)8-9-21(18)29(23)4/h8-9,13-14,16,22H,5-7,10-12,15H2,1-4H3,(H,27,28,32)/t22-/m1/s1. The molecular formula is C26H33N5O2. The fraction of sp³-hybridized carbons (Fsp3) is 0.500. The number of fused-ring (bicyclic) bond motifs is 2. The van der Waals surface area contributed by atoms with Crippen molar-refractivity contribution in [3.05, 3.63) is 63.0 Å². The van der Waals surface area contributed by atoms with Crippen LogP contribution in [0.2, 0.25) is 0 Å². The van der Waals surface area contributed by atoms with Gasteiger partial charge in [0.05, 0.1) is 17.3 Å². The molecule has 1 saturated heterocycles. The highest BCUT2D eigenvalue weighted by Crippen LogP contribution is 2.32. The van der Waals surface area contributed by atoms with Gasteiger partial charge in [-0.15, -0.1) is 0 Å². The third kappa shape index (κ3) is 3.88. The van der Waals surface area contributed by atoms with Crippen LogP contribution in [0.1, 0.15) is 72.3 Å². The number of aromatic amines is 1. The maximum Gasteiger partial charge on any atom is 0.271 e. The monoisotopic (exact) mass is 447 g/mol. The normalized spacial score (nSPS) is 19.3. The molecule has 2 aliphatic rings. The molecule has 1 atom stereocenters. The molecule has 7 nitrogen and oxygen atoms in total. The van der Waals surface area contributed by atoms with Crippen molar-refractivity contribution in [3.63, 3.8) is 0 Å². The van der Waals surface area contributed by atoms with Gasteiger partial charge in [0.15, 0.2) is 0 Å². The predicted octanol–water partition coefficient (Wildman–Crippen LogP) is 3.70. The van der Waals surface area contributed by atoms with Gasteiger partial charge in [-0.05, 0) is 58.2 Å². The van der Waals surface area contributed by atoms with Gasteiger partial charge < -0.3 is 14.5 Å². The quantitative estimate of drug-likeness (QED) is 0.664. The molecule has 3 aromatic rings. The number of piperidine rings is 1. The largest absolute Gasteiger partial charge is 0.340 e. The lowest BCUT2D eigenvalue weighted by atomic mass is 9.99. The van der Waals surface area contributed by atoms with Crippen molar-refractivity contribution in [1.82, 2.24) is 24.3 Å². The zero-order valence-corrected chi connectivity index (χ0v) is 20.0. The number of benzene rings is 1. The molecular weight excluding hydrogens is 414 g/mol. The van der Waals surface area contributed by atoms with Crippen LogP contribution in [0.15, 0.2) is 29.1 Å². The van der Waals surface area contributed by atoms with Crippen LogP contribution in [-0.4, -0.2) is 49.4 Å². The van der Waals surface area contributed by atoms with Crippen molar-refractivity contribution in [3.8, 4) is 0 Å². The number of H-pyrrole nitrogens is 1. The molecule has 1 aromatic carbocycles. The van der Waals surface area contributed by atoms with Crippen molar-refractivity contribution in [2.24, 2.45) is 7.05 Å². The van der Waals surface area contributed by atoms with E-state index < -0.39 is 0 Å². The van der Waals surface area contributed by atoms with Crippen LogP contribution in [0.4, 0.5) is 0 Å². The van der Waals surface area contributed by atoms with E-state index in [0.29, 0.717) is 30.6 Å². The van der Waals surface area contributed by atoms with E-state index >= 15 is 0 Å². The minimum absolute atomic E-state index is 0.00223. The summed E-state index contributed by atoms with van der Waals surface area (Å²) < 4.78 is 1.98. The van der Waals surface area contributed by atoms with Gasteiger partial charge in [0, 0.05) is 50.0 Å². The van der Waals surface area contributed by atoms with Crippen LogP contribution in [0.25, 0.3) is 10.9 Å². The molecule has 2 aliphatic heterocycles. The minimum atomic E-state index is -0.202. The highest BCUT2D eigenvalue weighted by atomic mass is 16.2. The van der Waals surface area contributed by atoms with Gasteiger partial charge in [-0.2, -0.15) is 0 Å². The number of nitrogens with one attached hydrogen (secondary N) is 1. The van der Waals surface area contributed by atoms with Crippen LogP contribution >= 0.6 is 0 Å². The first kappa shape index (κ1) is 21.9. The zero-order valence-electron chi connectivity index (χ0n) is 20.0. The van der Waals surface area contributed by atoms with E-state index in [0.717, 1.165) is 54.4 Å². The first-order chi connectivity index (χ1) is 15.8. The molecule has 0 saturated carbocycles. The number of aromatic nitrogens is 3. The highest BCUT2D eigenvalue weighted by molar-refractivity contribution is 5.99. The molecule has 174 valence electrons. The van der Waals surface area contributed by atoms with Gasteiger partial charge >= 0.3 is 0 Å². The molecule has 0 aliphatic carbocycles. The fourth-order valence-electron chi connectivity index (χ4n) is 5.34. The van der Waals surface area contributed by atoms with Crippen LogP contribution < -0.4 is 5.56 Å². The average Bonchev–Trinajstić information content (AvgIpc) is 3.13. The van der Waals surface area contributed by atoms with E-state index in [1.54, 1.807) is 0 Å². The highest BCUT2D eigenvalue weighted by Gasteiger charge is 2.33. The lowest BCUT2D eigenvalue weighted by molar-refractivity contribution is 0.0589. The molecule has 0 bridgehead atoms. The average molecular weight is 448 g/mol. The zero-order chi connectivity index (χ0) is 23.3. The molecule has 0 radical (unpaired) electrons. The number of likely N-dealkylation sites (tertiary alicyclic amines) is 1. The number of hydrogen-bond donors (Lipinski definition) is 1. The first-order valence-electron chi connectivity index (χ1n) is 12.1. The number of amides is 1.